The predicted molar refractivity (Wildman–Crippen MR) is 71.2 cm³/mol. The van der Waals surface area contributed by atoms with E-state index in [1.54, 1.807) is 36.4 Å². The quantitative estimate of drug-likeness (QED) is 0.685. The van der Waals surface area contributed by atoms with Crippen LogP contribution in [0.25, 0.3) is 5.69 Å². The lowest BCUT2D eigenvalue weighted by atomic mass is 10.1. The lowest BCUT2D eigenvalue weighted by molar-refractivity contribution is 0.103. The van der Waals surface area contributed by atoms with E-state index >= 15 is 0 Å². The molecule has 20 heavy (non-hydrogen) atoms. The molecule has 4 nitrogen and oxygen atoms in total. The van der Waals surface area contributed by atoms with Crippen molar-refractivity contribution in [2.45, 2.75) is 0 Å². The molecule has 2 aromatic carbocycles. The van der Waals surface area contributed by atoms with Crippen molar-refractivity contribution < 1.29 is 9.18 Å². The van der Waals surface area contributed by atoms with Gasteiger partial charge in [-0.15, -0.1) is 5.10 Å². The minimum Gasteiger partial charge on any atom is -0.287 e. The molecule has 98 valence electrons. The fourth-order valence-corrected chi connectivity index (χ4v) is 1.80. The van der Waals surface area contributed by atoms with Crippen molar-refractivity contribution in [2.75, 3.05) is 0 Å². The van der Waals surface area contributed by atoms with Gasteiger partial charge in [0.05, 0.1) is 11.9 Å². The number of ketones is 1. The molecular formula is C15H10FN3O. The highest BCUT2D eigenvalue weighted by molar-refractivity contribution is 6.07. The Morgan fingerprint density at radius 3 is 2.40 bits per heavy atom. The van der Waals surface area contributed by atoms with Crippen molar-refractivity contribution in [3.8, 4) is 5.69 Å². The summed E-state index contributed by atoms with van der Waals surface area (Å²) >= 11 is 0. The molecule has 5 heteroatoms. The summed E-state index contributed by atoms with van der Waals surface area (Å²) in [6.07, 6.45) is 1.40. The predicted octanol–water partition coefficient (Wildman–Crippen LogP) is 2.64. The molecule has 0 radical (unpaired) electrons. The molecule has 0 aliphatic rings. The van der Waals surface area contributed by atoms with Crippen molar-refractivity contribution in [1.29, 1.82) is 0 Å². The van der Waals surface area contributed by atoms with Gasteiger partial charge in [0.25, 0.3) is 0 Å². The van der Waals surface area contributed by atoms with Gasteiger partial charge in [0.1, 0.15) is 5.82 Å². The normalized spacial score (nSPS) is 10.4. The van der Waals surface area contributed by atoms with Gasteiger partial charge in [-0.3, -0.25) is 4.79 Å². The number of hydrogen-bond acceptors (Lipinski definition) is 3. The second-order valence-corrected chi connectivity index (χ2v) is 4.19. The number of nitrogens with zero attached hydrogens (tertiary/aromatic N) is 3. The second kappa shape index (κ2) is 5.05. The molecule has 0 atom stereocenters. The summed E-state index contributed by atoms with van der Waals surface area (Å²) in [4.78, 5) is 13.5. The summed E-state index contributed by atoms with van der Waals surface area (Å²) in [6.45, 7) is 0. The Bertz CT molecular complexity index is 735. The Hall–Kier alpha value is -2.82. The first kappa shape index (κ1) is 12.2. The van der Waals surface area contributed by atoms with Gasteiger partial charge in [-0.1, -0.05) is 30.3 Å². The summed E-state index contributed by atoms with van der Waals surface area (Å²) in [5.41, 5.74) is 1.40. The molecule has 3 aromatic rings. The topological polar surface area (TPSA) is 47.8 Å². The Morgan fingerprint density at radius 1 is 1.00 bits per heavy atom. The third-order valence-corrected chi connectivity index (χ3v) is 2.82. The number of halogens is 1. The van der Waals surface area contributed by atoms with Gasteiger partial charge < -0.3 is 0 Å². The van der Waals surface area contributed by atoms with Gasteiger partial charge in [-0.05, 0) is 24.3 Å². The summed E-state index contributed by atoms with van der Waals surface area (Å²) in [5, 5.41) is 8.14. The SMILES string of the molecule is O=C(c1ccccc1)c1cnn(-c2ccc(F)cc2)n1. The van der Waals surface area contributed by atoms with Crippen molar-refractivity contribution in [2.24, 2.45) is 0 Å². The Morgan fingerprint density at radius 2 is 1.70 bits per heavy atom. The standard InChI is InChI=1S/C15H10FN3O/c16-12-6-8-13(9-7-12)19-17-10-14(18-19)15(20)11-4-2-1-3-5-11/h1-10H. The molecule has 0 spiro atoms. The van der Waals surface area contributed by atoms with Crippen LogP contribution in [-0.4, -0.2) is 20.8 Å². The molecule has 0 fully saturated rings. The molecular weight excluding hydrogens is 257 g/mol. The van der Waals surface area contributed by atoms with E-state index in [4.69, 9.17) is 0 Å². The Labute approximate surface area is 114 Å². The minimum absolute atomic E-state index is 0.195. The van der Waals surface area contributed by atoms with Crippen LogP contribution >= 0.6 is 0 Å². The lowest BCUT2D eigenvalue weighted by Crippen LogP contribution is -2.04. The molecule has 0 saturated heterocycles. The molecule has 1 aromatic heterocycles. The van der Waals surface area contributed by atoms with Crippen LogP contribution in [0.4, 0.5) is 4.39 Å². The molecule has 0 amide bonds. The van der Waals surface area contributed by atoms with Crippen LogP contribution < -0.4 is 0 Å². The number of aromatic nitrogens is 3. The maximum absolute atomic E-state index is 12.9. The van der Waals surface area contributed by atoms with E-state index in [1.807, 2.05) is 6.07 Å². The van der Waals surface area contributed by atoms with Crippen LogP contribution in [-0.2, 0) is 0 Å². The van der Waals surface area contributed by atoms with Crippen LogP contribution in [0, 0.1) is 5.82 Å². The summed E-state index contributed by atoms with van der Waals surface area (Å²) in [6, 6.07) is 14.6. The van der Waals surface area contributed by atoms with Gasteiger partial charge >= 0.3 is 0 Å². The van der Waals surface area contributed by atoms with Crippen molar-refractivity contribution >= 4 is 5.78 Å². The van der Waals surface area contributed by atoms with Crippen LogP contribution in [0.3, 0.4) is 0 Å². The van der Waals surface area contributed by atoms with E-state index in [1.165, 1.54) is 23.1 Å². The van der Waals surface area contributed by atoms with E-state index in [0.29, 0.717) is 11.3 Å². The second-order valence-electron chi connectivity index (χ2n) is 4.19. The third kappa shape index (κ3) is 2.33. The Kier molecular flexibility index (Phi) is 3.09. The first-order valence-electron chi connectivity index (χ1n) is 6.02. The molecule has 0 aliphatic heterocycles. The first-order valence-corrected chi connectivity index (χ1v) is 6.02. The van der Waals surface area contributed by atoms with E-state index in [2.05, 4.69) is 10.2 Å². The van der Waals surface area contributed by atoms with Crippen molar-refractivity contribution in [3.63, 3.8) is 0 Å². The zero-order valence-corrected chi connectivity index (χ0v) is 10.4. The zero-order chi connectivity index (χ0) is 13.9. The number of carbonyl (C=O) groups is 1. The number of rotatable bonds is 3. The van der Waals surface area contributed by atoms with Crippen molar-refractivity contribution in [3.05, 3.63) is 77.9 Å². The molecule has 0 N–H and O–H groups in total. The van der Waals surface area contributed by atoms with Gasteiger partial charge in [-0.2, -0.15) is 9.90 Å². The summed E-state index contributed by atoms with van der Waals surface area (Å²) in [5.74, 6) is -0.527. The van der Waals surface area contributed by atoms with Gasteiger partial charge in [0.2, 0.25) is 5.78 Å². The fraction of sp³-hybridized carbons (Fsp3) is 0. The molecule has 0 bridgehead atoms. The van der Waals surface area contributed by atoms with Gasteiger partial charge in [0, 0.05) is 5.56 Å². The minimum atomic E-state index is -0.332. The van der Waals surface area contributed by atoms with E-state index < -0.39 is 0 Å². The maximum atomic E-state index is 12.9. The van der Waals surface area contributed by atoms with Crippen LogP contribution in [0.15, 0.2) is 60.8 Å². The Balaban J connectivity index is 1.91. The average Bonchev–Trinajstić information content (AvgIpc) is 2.98. The van der Waals surface area contributed by atoms with Crippen LogP contribution in [0.1, 0.15) is 16.1 Å². The van der Waals surface area contributed by atoms with Gasteiger partial charge in [-0.25, -0.2) is 4.39 Å². The highest BCUT2D eigenvalue weighted by Crippen LogP contribution is 2.10. The molecule has 0 unspecified atom stereocenters. The lowest BCUT2D eigenvalue weighted by Gasteiger charge is -1.98. The fourth-order valence-electron chi connectivity index (χ4n) is 1.80. The van der Waals surface area contributed by atoms with Crippen molar-refractivity contribution in [1.82, 2.24) is 15.0 Å². The summed E-state index contributed by atoms with van der Waals surface area (Å²) < 4.78 is 12.9. The summed E-state index contributed by atoms with van der Waals surface area (Å²) in [7, 11) is 0. The van der Waals surface area contributed by atoms with E-state index in [9.17, 15) is 9.18 Å². The smallest absolute Gasteiger partial charge is 0.214 e. The van der Waals surface area contributed by atoms with E-state index in [-0.39, 0.29) is 17.3 Å². The molecule has 1 heterocycles. The number of hydrogen-bond donors (Lipinski definition) is 0. The third-order valence-electron chi connectivity index (χ3n) is 2.82. The zero-order valence-electron chi connectivity index (χ0n) is 10.4. The highest BCUT2D eigenvalue weighted by Gasteiger charge is 2.13. The number of benzene rings is 2. The number of carbonyl (C=O) groups excluding carboxylic acids is 1. The molecule has 0 saturated carbocycles. The van der Waals surface area contributed by atoms with Crippen LogP contribution in [0.2, 0.25) is 0 Å². The molecule has 3 rings (SSSR count). The monoisotopic (exact) mass is 267 g/mol. The van der Waals surface area contributed by atoms with Crippen LogP contribution in [0.5, 0.6) is 0 Å². The van der Waals surface area contributed by atoms with E-state index in [0.717, 1.165) is 0 Å². The largest absolute Gasteiger partial charge is 0.287 e. The average molecular weight is 267 g/mol. The first-order chi connectivity index (χ1) is 9.74. The van der Waals surface area contributed by atoms with Gasteiger partial charge in [0.15, 0.2) is 5.69 Å². The molecule has 0 aliphatic carbocycles. The highest BCUT2D eigenvalue weighted by atomic mass is 19.1. The maximum Gasteiger partial charge on any atom is 0.214 e.